The summed E-state index contributed by atoms with van der Waals surface area (Å²) in [7, 11) is 1.32. The van der Waals surface area contributed by atoms with Gasteiger partial charge in [0.2, 0.25) is 0 Å². The summed E-state index contributed by atoms with van der Waals surface area (Å²) in [5.41, 5.74) is 6.24. The molecule has 8 heteroatoms. The molecule has 1 amide bonds. The summed E-state index contributed by atoms with van der Waals surface area (Å²) in [6.45, 7) is 9.96. The second-order valence-electron chi connectivity index (χ2n) is 7.46. The van der Waals surface area contributed by atoms with Gasteiger partial charge in [-0.05, 0) is 45.9 Å². The smallest absolute Gasteiger partial charge is 0.410 e. The van der Waals surface area contributed by atoms with Gasteiger partial charge in [0.05, 0.1) is 18.4 Å². The lowest BCUT2D eigenvalue weighted by molar-refractivity contribution is -0.0147. The Bertz CT molecular complexity index is 678. The number of esters is 1. The Kier molecular flexibility index (Phi) is 6.54. The van der Waals surface area contributed by atoms with Gasteiger partial charge in [-0.1, -0.05) is 0 Å². The highest BCUT2D eigenvalue weighted by Gasteiger charge is 2.28. The Morgan fingerprint density at radius 1 is 1.15 bits per heavy atom. The molecule has 150 valence electrons. The van der Waals surface area contributed by atoms with Crippen LogP contribution in [0.15, 0.2) is 18.2 Å². The predicted octanol–water partition coefficient (Wildman–Crippen LogP) is 2.33. The van der Waals surface area contributed by atoms with Gasteiger partial charge < -0.3 is 24.8 Å². The highest BCUT2D eigenvalue weighted by atomic mass is 16.6. The molecule has 1 unspecified atom stereocenters. The third kappa shape index (κ3) is 5.75. The van der Waals surface area contributed by atoms with E-state index in [1.807, 2.05) is 27.7 Å². The standard InChI is InChI=1S/C19H29N3O5/c1-13(26-16-7-6-14(12-15(16)20)17(23)25-5)21-8-10-22(11-9-21)18(24)27-19(2,3)4/h6-7,12-13H,8-11,20H2,1-5H3. The molecule has 1 aliphatic rings. The van der Waals surface area contributed by atoms with E-state index in [1.54, 1.807) is 17.0 Å². The molecule has 0 bridgehead atoms. The monoisotopic (exact) mass is 379 g/mol. The van der Waals surface area contributed by atoms with Crippen LogP contribution in [0.5, 0.6) is 5.75 Å². The van der Waals surface area contributed by atoms with Gasteiger partial charge in [0.25, 0.3) is 0 Å². The molecule has 0 aromatic heterocycles. The Balaban J connectivity index is 1.90. The molecule has 1 aromatic carbocycles. The minimum Gasteiger partial charge on any atom is -0.473 e. The lowest BCUT2D eigenvalue weighted by Gasteiger charge is -2.38. The van der Waals surface area contributed by atoms with Gasteiger partial charge in [-0.25, -0.2) is 9.59 Å². The van der Waals surface area contributed by atoms with E-state index in [0.717, 1.165) is 0 Å². The topological polar surface area (TPSA) is 94.3 Å². The third-order valence-corrected chi connectivity index (χ3v) is 4.21. The summed E-state index contributed by atoms with van der Waals surface area (Å²) in [5.74, 6) is 0.0595. The van der Waals surface area contributed by atoms with Crippen LogP contribution in [0.25, 0.3) is 0 Å². The van der Waals surface area contributed by atoms with E-state index in [-0.39, 0.29) is 12.3 Å². The van der Waals surface area contributed by atoms with Gasteiger partial charge in [0, 0.05) is 26.2 Å². The molecule has 1 aromatic rings. The maximum Gasteiger partial charge on any atom is 0.410 e. The van der Waals surface area contributed by atoms with E-state index in [1.165, 1.54) is 13.2 Å². The van der Waals surface area contributed by atoms with Crippen LogP contribution in [0.3, 0.4) is 0 Å². The Morgan fingerprint density at radius 2 is 1.78 bits per heavy atom. The van der Waals surface area contributed by atoms with Crippen molar-refractivity contribution in [3.63, 3.8) is 0 Å². The van der Waals surface area contributed by atoms with Crippen molar-refractivity contribution in [2.45, 2.75) is 39.5 Å². The molecule has 1 aliphatic heterocycles. The molecule has 2 rings (SSSR count). The summed E-state index contributed by atoms with van der Waals surface area (Å²) in [5, 5.41) is 0. The lowest BCUT2D eigenvalue weighted by atomic mass is 10.2. The second-order valence-corrected chi connectivity index (χ2v) is 7.46. The second kappa shape index (κ2) is 8.47. The van der Waals surface area contributed by atoms with Crippen molar-refractivity contribution in [3.8, 4) is 5.75 Å². The van der Waals surface area contributed by atoms with Crippen molar-refractivity contribution in [3.05, 3.63) is 23.8 Å². The minimum absolute atomic E-state index is 0.225. The molecule has 8 nitrogen and oxygen atoms in total. The van der Waals surface area contributed by atoms with Crippen molar-refractivity contribution in [1.29, 1.82) is 0 Å². The fraction of sp³-hybridized carbons (Fsp3) is 0.579. The lowest BCUT2D eigenvalue weighted by Crippen LogP contribution is -2.53. The first-order valence-electron chi connectivity index (χ1n) is 8.97. The van der Waals surface area contributed by atoms with Crippen molar-refractivity contribution < 1.29 is 23.8 Å². The van der Waals surface area contributed by atoms with Crippen LogP contribution in [-0.2, 0) is 9.47 Å². The van der Waals surface area contributed by atoms with Crippen LogP contribution in [0, 0.1) is 0 Å². The summed E-state index contributed by atoms with van der Waals surface area (Å²) in [6.07, 6.45) is -0.518. The largest absolute Gasteiger partial charge is 0.473 e. The number of ether oxygens (including phenoxy) is 3. The van der Waals surface area contributed by atoms with Gasteiger partial charge in [-0.3, -0.25) is 4.90 Å². The highest BCUT2D eigenvalue weighted by molar-refractivity contribution is 5.90. The van der Waals surface area contributed by atoms with E-state index in [0.29, 0.717) is 43.2 Å². The molecule has 2 N–H and O–H groups in total. The summed E-state index contributed by atoms with van der Waals surface area (Å²) >= 11 is 0. The van der Waals surface area contributed by atoms with Crippen LogP contribution in [0.2, 0.25) is 0 Å². The fourth-order valence-electron chi connectivity index (χ4n) is 2.75. The number of nitrogens with two attached hydrogens (primary N) is 1. The number of rotatable bonds is 4. The van der Waals surface area contributed by atoms with Crippen molar-refractivity contribution in [2.24, 2.45) is 0 Å². The molecule has 27 heavy (non-hydrogen) atoms. The maximum atomic E-state index is 12.1. The van der Waals surface area contributed by atoms with E-state index >= 15 is 0 Å². The molecule has 1 atom stereocenters. The van der Waals surface area contributed by atoms with Gasteiger partial charge in [-0.15, -0.1) is 0 Å². The number of anilines is 1. The van der Waals surface area contributed by atoms with Crippen LogP contribution >= 0.6 is 0 Å². The van der Waals surface area contributed by atoms with E-state index < -0.39 is 11.6 Å². The first-order chi connectivity index (χ1) is 12.6. The number of amides is 1. The Hall–Kier alpha value is -2.48. The number of hydrogen-bond acceptors (Lipinski definition) is 7. The Labute approximate surface area is 160 Å². The Morgan fingerprint density at radius 3 is 2.30 bits per heavy atom. The van der Waals surface area contributed by atoms with Crippen molar-refractivity contribution in [1.82, 2.24) is 9.80 Å². The number of hydrogen-bond donors (Lipinski definition) is 1. The van der Waals surface area contributed by atoms with Crippen molar-refractivity contribution >= 4 is 17.7 Å². The van der Waals surface area contributed by atoms with Crippen LogP contribution in [0.1, 0.15) is 38.1 Å². The van der Waals surface area contributed by atoms with Gasteiger partial charge in [-0.2, -0.15) is 0 Å². The minimum atomic E-state index is -0.501. The fourth-order valence-corrected chi connectivity index (χ4v) is 2.75. The van der Waals surface area contributed by atoms with Crippen LogP contribution < -0.4 is 10.5 Å². The summed E-state index contributed by atoms with van der Waals surface area (Å²) in [6, 6.07) is 4.81. The zero-order chi connectivity index (χ0) is 20.2. The molecule has 1 heterocycles. The van der Waals surface area contributed by atoms with E-state index in [2.05, 4.69) is 9.64 Å². The number of benzene rings is 1. The highest BCUT2D eigenvalue weighted by Crippen LogP contribution is 2.25. The predicted molar refractivity (Wildman–Crippen MR) is 102 cm³/mol. The SMILES string of the molecule is COC(=O)c1ccc(OC(C)N2CCN(C(=O)OC(C)(C)C)CC2)c(N)c1. The molecular formula is C19H29N3O5. The third-order valence-electron chi connectivity index (χ3n) is 4.21. The van der Waals surface area contributed by atoms with E-state index in [4.69, 9.17) is 15.2 Å². The normalized spacial score (nSPS) is 16.6. The first-order valence-corrected chi connectivity index (χ1v) is 8.97. The molecule has 0 spiro atoms. The number of nitrogens with zero attached hydrogens (tertiary/aromatic N) is 2. The average molecular weight is 379 g/mol. The molecule has 1 saturated heterocycles. The summed E-state index contributed by atoms with van der Waals surface area (Å²) < 4.78 is 16.0. The molecular weight excluding hydrogens is 350 g/mol. The number of nitrogen functional groups attached to an aromatic ring is 1. The number of carbonyl (C=O) groups is 2. The van der Waals surface area contributed by atoms with Crippen LogP contribution in [0.4, 0.5) is 10.5 Å². The number of carbonyl (C=O) groups excluding carboxylic acids is 2. The molecule has 1 fully saturated rings. The number of piperazine rings is 1. The van der Waals surface area contributed by atoms with Gasteiger partial charge in [0.1, 0.15) is 17.6 Å². The first kappa shape index (κ1) is 20.8. The zero-order valence-corrected chi connectivity index (χ0v) is 16.7. The molecule has 0 aliphatic carbocycles. The number of methoxy groups -OCH3 is 1. The molecule has 0 radical (unpaired) electrons. The van der Waals surface area contributed by atoms with E-state index in [9.17, 15) is 9.59 Å². The molecule has 0 saturated carbocycles. The quantitative estimate of drug-likeness (QED) is 0.634. The van der Waals surface area contributed by atoms with Crippen LogP contribution in [-0.4, -0.2) is 67.0 Å². The summed E-state index contributed by atoms with van der Waals surface area (Å²) in [4.78, 5) is 27.5. The van der Waals surface area contributed by atoms with Gasteiger partial charge >= 0.3 is 12.1 Å². The van der Waals surface area contributed by atoms with Gasteiger partial charge in [0.15, 0.2) is 0 Å². The average Bonchev–Trinajstić information content (AvgIpc) is 2.61. The van der Waals surface area contributed by atoms with Crippen molar-refractivity contribution in [2.75, 3.05) is 39.0 Å². The zero-order valence-electron chi connectivity index (χ0n) is 16.7. The maximum absolute atomic E-state index is 12.1.